The number of hydrogen-bond acceptors (Lipinski definition) is 3. The summed E-state index contributed by atoms with van der Waals surface area (Å²) >= 11 is 0. The van der Waals surface area contributed by atoms with Crippen LogP contribution in [0.4, 0.5) is 4.79 Å². The molecule has 1 aromatic carbocycles. The molecule has 1 fully saturated rings. The van der Waals surface area contributed by atoms with E-state index in [-0.39, 0.29) is 12.1 Å². The van der Waals surface area contributed by atoms with E-state index in [0.717, 1.165) is 22.6 Å². The molecule has 0 radical (unpaired) electrons. The van der Waals surface area contributed by atoms with Gasteiger partial charge in [-0.1, -0.05) is 0 Å². The fourth-order valence-electron chi connectivity index (χ4n) is 2.49. The van der Waals surface area contributed by atoms with Crippen LogP contribution >= 0.6 is 0 Å². The molecule has 0 spiro atoms. The molecule has 0 aromatic heterocycles. The highest BCUT2D eigenvalue weighted by Crippen LogP contribution is 2.35. The lowest BCUT2D eigenvalue weighted by Crippen LogP contribution is -2.27. The number of nitrogens with zero attached hydrogens (tertiary/aromatic N) is 1. The summed E-state index contributed by atoms with van der Waals surface area (Å²) in [5.74, 6) is 1.51. The van der Waals surface area contributed by atoms with Gasteiger partial charge in [-0.25, -0.2) is 4.79 Å². The molecular weight excluding hydrogens is 244 g/mol. The molecule has 1 unspecified atom stereocenters. The van der Waals surface area contributed by atoms with Crippen molar-refractivity contribution in [2.45, 2.75) is 19.9 Å². The average molecular weight is 264 g/mol. The number of carbonyl (C=O) groups excluding carboxylic acids is 1. The van der Waals surface area contributed by atoms with Crippen molar-refractivity contribution >= 4 is 6.03 Å². The third-order valence-electron chi connectivity index (χ3n) is 3.50. The zero-order valence-corrected chi connectivity index (χ0v) is 11.8. The highest BCUT2D eigenvalue weighted by molar-refractivity contribution is 5.77. The number of rotatable bonds is 4. The Hall–Kier alpha value is -1.91. The molecule has 0 saturated carbocycles. The molecular formula is C14H20N2O3. The molecule has 1 aliphatic heterocycles. The summed E-state index contributed by atoms with van der Waals surface area (Å²) in [5, 5.41) is 2.99. The van der Waals surface area contributed by atoms with Gasteiger partial charge in [-0.15, -0.1) is 0 Å². The number of hydrogen-bond donors (Lipinski definition) is 1. The van der Waals surface area contributed by atoms with Crippen molar-refractivity contribution in [3.05, 3.63) is 23.3 Å². The number of nitrogens with one attached hydrogen (secondary N) is 1. The van der Waals surface area contributed by atoms with E-state index >= 15 is 0 Å². The summed E-state index contributed by atoms with van der Waals surface area (Å²) in [4.78, 5) is 13.6. The second kappa shape index (κ2) is 5.38. The second-order valence-electron chi connectivity index (χ2n) is 4.60. The largest absolute Gasteiger partial charge is 0.497 e. The lowest BCUT2D eigenvalue weighted by Gasteiger charge is -2.18. The van der Waals surface area contributed by atoms with Gasteiger partial charge in [0.15, 0.2) is 0 Å². The molecule has 1 saturated heterocycles. The second-order valence-corrected chi connectivity index (χ2v) is 4.60. The molecule has 1 aliphatic rings. The smallest absolute Gasteiger partial charge is 0.318 e. The van der Waals surface area contributed by atoms with Crippen LogP contribution in [0, 0.1) is 6.92 Å². The normalized spacial score (nSPS) is 18.4. The van der Waals surface area contributed by atoms with Gasteiger partial charge in [0.25, 0.3) is 0 Å². The first kappa shape index (κ1) is 13.5. The maximum atomic E-state index is 11.8. The van der Waals surface area contributed by atoms with Crippen molar-refractivity contribution in [3.63, 3.8) is 0 Å². The number of urea groups is 1. The number of likely N-dealkylation sites (N-methyl/N-ethyl adjacent to an activating group) is 1. The SMILES string of the molecule is CCN1CC(c2c(C)cc(OC)cc2OC)NC1=O. The van der Waals surface area contributed by atoms with Crippen LogP contribution in [-0.4, -0.2) is 38.2 Å². The highest BCUT2D eigenvalue weighted by Gasteiger charge is 2.31. The third-order valence-corrected chi connectivity index (χ3v) is 3.50. The van der Waals surface area contributed by atoms with Gasteiger partial charge in [-0.3, -0.25) is 0 Å². The van der Waals surface area contributed by atoms with Crippen LogP contribution in [0.1, 0.15) is 24.1 Å². The van der Waals surface area contributed by atoms with E-state index in [9.17, 15) is 4.79 Å². The predicted molar refractivity (Wildman–Crippen MR) is 72.8 cm³/mol. The zero-order valence-electron chi connectivity index (χ0n) is 11.8. The number of aryl methyl sites for hydroxylation is 1. The molecule has 5 nitrogen and oxygen atoms in total. The van der Waals surface area contributed by atoms with Crippen LogP contribution in [0.15, 0.2) is 12.1 Å². The lowest BCUT2D eigenvalue weighted by atomic mass is 10.00. The van der Waals surface area contributed by atoms with Gasteiger partial charge in [0.2, 0.25) is 0 Å². The average Bonchev–Trinajstić information content (AvgIpc) is 2.78. The Bertz CT molecular complexity index is 488. The Balaban J connectivity index is 2.37. The first-order valence-corrected chi connectivity index (χ1v) is 6.38. The van der Waals surface area contributed by atoms with E-state index in [2.05, 4.69) is 5.32 Å². The Labute approximate surface area is 113 Å². The first-order chi connectivity index (χ1) is 9.10. The van der Waals surface area contributed by atoms with Crippen LogP contribution in [0.3, 0.4) is 0 Å². The van der Waals surface area contributed by atoms with Gasteiger partial charge in [-0.2, -0.15) is 0 Å². The minimum atomic E-state index is -0.0340. The van der Waals surface area contributed by atoms with Crippen molar-refractivity contribution in [2.75, 3.05) is 27.3 Å². The predicted octanol–water partition coefficient (Wildman–Crippen LogP) is 2.10. The molecule has 0 aliphatic carbocycles. The van der Waals surface area contributed by atoms with Gasteiger partial charge in [0, 0.05) is 24.7 Å². The summed E-state index contributed by atoms with van der Waals surface area (Å²) in [6.45, 7) is 5.35. The molecule has 2 rings (SSSR count). The van der Waals surface area contributed by atoms with Gasteiger partial charge < -0.3 is 19.7 Å². The van der Waals surface area contributed by atoms with Crippen LogP contribution < -0.4 is 14.8 Å². The van der Waals surface area contributed by atoms with E-state index in [1.54, 1.807) is 19.1 Å². The van der Waals surface area contributed by atoms with Gasteiger partial charge in [0.05, 0.1) is 20.3 Å². The minimum absolute atomic E-state index is 0.0234. The number of benzene rings is 1. The standard InChI is InChI=1S/C14H20N2O3/c1-5-16-8-11(15-14(16)17)13-9(2)6-10(18-3)7-12(13)19-4/h6-7,11H,5,8H2,1-4H3,(H,15,17). The minimum Gasteiger partial charge on any atom is -0.497 e. The summed E-state index contributed by atoms with van der Waals surface area (Å²) in [7, 11) is 3.26. The maximum absolute atomic E-state index is 11.8. The number of methoxy groups -OCH3 is 2. The van der Waals surface area contributed by atoms with Crippen LogP contribution in [0.25, 0.3) is 0 Å². The summed E-state index contributed by atoms with van der Waals surface area (Å²) in [5.41, 5.74) is 2.08. The summed E-state index contributed by atoms with van der Waals surface area (Å²) < 4.78 is 10.7. The highest BCUT2D eigenvalue weighted by atomic mass is 16.5. The molecule has 1 aromatic rings. The van der Waals surface area contributed by atoms with Gasteiger partial charge >= 0.3 is 6.03 Å². The van der Waals surface area contributed by atoms with Gasteiger partial charge in [0.1, 0.15) is 11.5 Å². The monoisotopic (exact) mass is 264 g/mol. The zero-order chi connectivity index (χ0) is 14.0. The summed E-state index contributed by atoms with van der Waals surface area (Å²) in [6, 6.07) is 3.75. The Morgan fingerprint density at radius 2 is 2.11 bits per heavy atom. The van der Waals surface area contributed by atoms with Crippen molar-refractivity contribution in [2.24, 2.45) is 0 Å². The molecule has 1 N–H and O–H groups in total. The number of carbonyl (C=O) groups is 1. The van der Waals surface area contributed by atoms with E-state index in [1.165, 1.54) is 0 Å². The van der Waals surface area contributed by atoms with E-state index in [0.29, 0.717) is 13.1 Å². The molecule has 104 valence electrons. The van der Waals surface area contributed by atoms with E-state index in [4.69, 9.17) is 9.47 Å². The molecule has 0 bridgehead atoms. The van der Waals surface area contributed by atoms with E-state index in [1.807, 2.05) is 26.0 Å². The van der Waals surface area contributed by atoms with Crippen LogP contribution in [0.5, 0.6) is 11.5 Å². The van der Waals surface area contributed by atoms with Crippen molar-refractivity contribution in [1.29, 1.82) is 0 Å². The van der Waals surface area contributed by atoms with Crippen molar-refractivity contribution in [3.8, 4) is 11.5 Å². The Kier molecular flexibility index (Phi) is 3.83. The molecule has 5 heteroatoms. The molecule has 2 amide bonds. The fourth-order valence-corrected chi connectivity index (χ4v) is 2.49. The number of ether oxygens (including phenoxy) is 2. The third kappa shape index (κ3) is 2.45. The molecule has 1 heterocycles. The molecule has 19 heavy (non-hydrogen) atoms. The van der Waals surface area contributed by atoms with Gasteiger partial charge in [-0.05, 0) is 25.5 Å². The lowest BCUT2D eigenvalue weighted by molar-refractivity contribution is 0.219. The number of amides is 2. The maximum Gasteiger partial charge on any atom is 0.318 e. The van der Waals surface area contributed by atoms with Crippen molar-refractivity contribution in [1.82, 2.24) is 10.2 Å². The van der Waals surface area contributed by atoms with Crippen LogP contribution in [-0.2, 0) is 0 Å². The molecule has 1 atom stereocenters. The summed E-state index contributed by atoms with van der Waals surface area (Å²) in [6.07, 6.45) is 0. The Morgan fingerprint density at radius 3 is 2.63 bits per heavy atom. The van der Waals surface area contributed by atoms with Crippen LogP contribution in [0.2, 0.25) is 0 Å². The fraction of sp³-hybridized carbons (Fsp3) is 0.500. The quantitative estimate of drug-likeness (QED) is 0.906. The van der Waals surface area contributed by atoms with Crippen molar-refractivity contribution < 1.29 is 14.3 Å². The van der Waals surface area contributed by atoms with E-state index < -0.39 is 0 Å². The Morgan fingerprint density at radius 1 is 1.37 bits per heavy atom. The topological polar surface area (TPSA) is 50.8 Å². The first-order valence-electron chi connectivity index (χ1n) is 6.38.